The molecule has 0 fully saturated rings. The van der Waals surface area contributed by atoms with Crippen LogP contribution in [0.1, 0.15) is 49.4 Å². The lowest BCUT2D eigenvalue weighted by Gasteiger charge is -2.15. The van der Waals surface area contributed by atoms with Gasteiger partial charge in [0, 0.05) is 12.0 Å². The molecule has 0 unspecified atom stereocenters. The third kappa shape index (κ3) is 4.38. The molecule has 3 heteroatoms. The van der Waals surface area contributed by atoms with Crippen LogP contribution in [0.2, 0.25) is 0 Å². The van der Waals surface area contributed by atoms with Crippen LogP contribution in [0.15, 0.2) is 36.4 Å². The molecule has 0 aromatic heterocycles. The summed E-state index contributed by atoms with van der Waals surface area (Å²) in [5, 5.41) is 0. The summed E-state index contributed by atoms with van der Waals surface area (Å²) in [6.07, 6.45) is 2.24. The van der Waals surface area contributed by atoms with Crippen molar-refractivity contribution in [3.8, 4) is 11.5 Å². The molecule has 24 heavy (non-hydrogen) atoms. The monoisotopic (exact) mass is 326 g/mol. The number of rotatable bonds is 7. The van der Waals surface area contributed by atoms with Gasteiger partial charge < -0.3 is 9.47 Å². The molecule has 0 spiro atoms. The quantitative estimate of drug-likeness (QED) is 0.530. The molecule has 2 rings (SSSR count). The van der Waals surface area contributed by atoms with Crippen LogP contribution in [0, 0.1) is 6.92 Å². The molecule has 0 atom stereocenters. The van der Waals surface area contributed by atoms with Gasteiger partial charge in [0.2, 0.25) is 0 Å². The Hall–Kier alpha value is -2.29. The van der Waals surface area contributed by atoms with E-state index in [1.54, 1.807) is 6.92 Å². The molecule has 0 saturated heterocycles. The number of esters is 1. The van der Waals surface area contributed by atoms with Gasteiger partial charge in [-0.05, 0) is 54.7 Å². The maximum absolute atomic E-state index is 11.7. The lowest BCUT2D eigenvalue weighted by molar-refractivity contribution is -0.134. The van der Waals surface area contributed by atoms with Crippen LogP contribution in [-0.4, -0.2) is 5.97 Å². The van der Waals surface area contributed by atoms with Crippen molar-refractivity contribution < 1.29 is 14.3 Å². The summed E-state index contributed by atoms with van der Waals surface area (Å²) in [6, 6.07) is 12.0. The fraction of sp³-hybridized carbons (Fsp3) is 0.381. The van der Waals surface area contributed by atoms with E-state index in [-0.39, 0.29) is 5.97 Å². The Morgan fingerprint density at radius 2 is 1.75 bits per heavy atom. The third-order valence-corrected chi connectivity index (χ3v) is 4.20. The summed E-state index contributed by atoms with van der Waals surface area (Å²) in [4.78, 5) is 11.7. The molecule has 0 aliphatic rings. The number of hydrogen-bond donors (Lipinski definition) is 0. The van der Waals surface area contributed by atoms with Gasteiger partial charge in [0.25, 0.3) is 0 Å². The van der Waals surface area contributed by atoms with Crippen molar-refractivity contribution in [3.63, 3.8) is 0 Å². The highest BCUT2D eigenvalue weighted by molar-refractivity contribution is 5.72. The SMILES string of the molecule is CCC(=O)Oc1cccc(CC)c1COc1ccc(CC)c(C)c1. The maximum atomic E-state index is 11.7. The molecule has 0 bridgehead atoms. The van der Waals surface area contributed by atoms with Crippen LogP contribution in [0.4, 0.5) is 0 Å². The van der Waals surface area contributed by atoms with Crippen LogP contribution >= 0.6 is 0 Å². The lowest BCUT2D eigenvalue weighted by Crippen LogP contribution is -2.10. The minimum Gasteiger partial charge on any atom is -0.489 e. The second-order valence-electron chi connectivity index (χ2n) is 5.81. The van der Waals surface area contributed by atoms with Crippen LogP contribution in [0.25, 0.3) is 0 Å². The molecule has 2 aromatic rings. The summed E-state index contributed by atoms with van der Waals surface area (Å²) in [6.45, 7) is 8.51. The Bertz CT molecular complexity index is 704. The molecule has 0 radical (unpaired) electrons. The molecular formula is C21H26O3. The van der Waals surface area contributed by atoms with Crippen LogP contribution < -0.4 is 9.47 Å². The topological polar surface area (TPSA) is 35.5 Å². The smallest absolute Gasteiger partial charge is 0.310 e. The van der Waals surface area contributed by atoms with Crippen LogP contribution in [-0.2, 0) is 24.2 Å². The average Bonchev–Trinajstić information content (AvgIpc) is 2.60. The van der Waals surface area contributed by atoms with E-state index in [2.05, 4.69) is 32.9 Å². The first kappa shape index (κ1) is 18.1. The number of hydrogen-bond acceptors (Lipinski definition) is 3. The van der Waals surface area contributed by atoms with Crippen molar-refractivity contribution in [2.24, 2.45) is 0 Å². The normalized spacial score (nSPS) is 10.5. The molecule has 0 amide bonds. The first-order valence-corrected chi connectivity index (χ1v) is 8.62. The van der Waals surface area contributed by atoms with Gasteiger partial charge in [0.1, 0.15) is 18.1 Å². The van der Waals surface area contributed by atoms with Crippen molar-refractivity contribution in [2.75, 3.05) is 0 Å². The zero-order valence-corrected chi connectivity index (χ0v) is 15.0. The van der Waals surface area contributed by atoms with E-state index >= 15 is 0 Å². The summed E-state index contributed by atoms with van der Waals surface area (Å²) >= 11 is 0. The highest BCUT2D eigenvalue weighted by Gasteiger charge is 2.12. The van der Waals surface area contributed by atoms with E-state index in [4.69, 9.17) is 9.47 Å². The molecule has 2 aromatic carbocycles. The van der Waals surface area contributed by atoms with Crippen LogP contribution in [0.5, 0.6) is 11.5 Å². The van der Waals surface area contributed by atoms with E-state index in [0.717, 1.165) is 29.7 Å². The summed E-state index contributed by atoms with van der Waals surface area (Å²) in [7, 11) is 0. The lowest BCUT2D eigenvalue weighted by atomic mass is 10.0. The van der Waals surface area contributed by atoms with E-state index < -0.39 is 0 Å². The van der Waals surface area contributed by atoms with E-state index in [1.165, 1.54) is 11.1 Å². The Morgan fingerprint density at radius 3 is 2.38 bits per heavy atom. The zero-order valence-electron chi connectivity index (χ0n) is 15.0. The first-order chi connectivity index (χ1) is 11.6. The van der Waals surface area contributed by atoms with Crippen molar-refractivity contribution in [3.05, 3.63) is 58.7 Å². The molecular weight excluding hydrogens is 300 g/mol. The van der Waals surface area contributed by atoms with E-state index in [1.807, 2.05) is 24.3 Å². The average molecular weight is 326 g/mol. The van der Waals surface area contributed by atoms with Gasteiger partial charge in [-0.2, -0.15) is 0 Å². The van der Waals surface area contributed by atoms with Crippen molar-refractivity contribution in [1.29, 1.82) is 0 Å². The molecule has 3 nitrogen and oxygen atoms in total. The second-order valence-corrected chi connectivity index (χ2v) is 5.81. The molecule has 0 heterocycles. The molecule has 0 N–H and O–H groups in total. The van der Waals surface area contributed by atoms with Crippen molar-refractivity contribution in [2.45, 2.75) is 53.6 Å². The maximum Gasteiger partial charge on any atom is 0.310 e. The molecule has 0 aliphatic heterocycles. The third-order valence-electron chi connectivity index (χ3n) is 4.20. The number of ether oxygens (including phenoxy) is 2. The van der Waals surface area contributed by atoms with E-state index in [9.17, 15) is 4.79 Å². The number of carbonyl (C=O) groups is 1. The fourth-order valence-electron chi connectivity index (χ4n) is 2.71. The van der Waals surface area contributed by atoms with Gasteiger partial charge in [-0.25, -0.2) is 0 Å². The van der Waals surface area contributed by atoms with E-state index in [0.29, 0.717) is 18.8 Å². The molecule has 128 valence electrons. The van der Waals surface area contributed by atoms with Gasteiger partial charge in [0.05, 0.1) is 0 Å². The van der Waals surface area contributed by atoms with Gasteiger partial charge in [0.15, 0.2) is 0 Å². The van der Waals surface area contributed by atoms with Gasteiger partial charge in [-0.3, -0.25) is 4.79 Å². The van der Waals surface area contributed by atoms with Gasteiger partial charge in [-0.1, -0.05) is 39.0 Å². The zero-order chi connectivity index (χ0) is 17.5. The van der Waals surface area contributed by atoms with Crippen molar-refractivity contribution in [1.82, 2.24) is 0 Å². The van der Waals surface area contributed by atoms with Gasteiger partial charge in [-0.15, -0.1) is 0 Å². The number of carbonyl (C=O) groups excluding carboxylic acids is 1. The largest absolute Gasteiger partial charge is 0.489 e. The standard InChI is InChI=1S/C21H26O3/c1-5-16-11-12-18(13-15(16)4)23-14-19-17(6-2)9-8-10-20(19)24-21(22)7-3/h8-13H,5-7,14H2,1-4H3. The Kier molecular flexibility index (Phi) is 6.42. The number of aryl methyl sites for hydroxylation is 3. The Balaban J connectivity index is 2.21. The minimum atomic E-state index is -0.229. The highest BCUT2D eigenvalue weighted by Crippen LogP contribution is 2.26. The summed E-state index contributed by atoms with van der Waals surface area (Å²) in [5.74, 6) is 1.21. The molecule has 0 aliphatic carbocycles. The predicted molar refractivity (Wildman–Crippen MR) is 96.6 cm³/mol. The first-order valence-electron chi connectivity index (χ1n) is 8.62. The number of benzene rings is 2. The second kappa shape index (κ2) is 8.53. The Labute approximate surface area is 144 Å². The minimum absolute atomic E-state index is 0.229. The summed E-state index contributed by atoms with van der Waals surface area (Å²) in [5.41, 5.74) is 4.64. The van der Waals surface area contributed by atoms with Gasteiger partial charge >= 0.3 is 5.97 Å². The predicted octanol–water partition coefficient (Wildman–Crippen LogP) is 5.01. The summed E-state index contributed by atoms with van der Waals surface area (Å²) < 4.78 is 11.4. The molecule has 0 saturated carbocycles. The fourth-order valence-corrected chi connectivity index (χ4v) is 2.71. The van der Waals surface area contributed by atoms with Crippen molar-refractivity contribution >= 4 is 5.97 Å². The van der Waals surface area contributed by atoms with Crippen LogP contribution in [0.3, 0.4) is 0 Å². The Morgan fingerprint density at radius 1 is 1.00 bits per heavy atom. The highest BCUT2D eigenvalue weighted by atomic mass is 16.5.